The van der Waals surface area contributed by atoms with Gasteiger partial charge in [-0.1, -0.05) is 6.07 Å². The molecule has 2 heterocycles. The smallest absolute Gasteiger partial charge is 0.116 e. The molecule has 5 heteroatoms. The fourth-order valence-corrected chi connectivity index (χ4v) is 2.57. The van der Waals surface area contributed by atoms with Crippen LogP contribution in [0, 0.1) is 0 Å². The minimum atomic E-state index is 0.487. The van der Waals surface area contributed by atoms with Crippen molar-refractivity contribution in [1.82, 2.24) is 9.97 Å². The number of hydrogen-bond acceptors (Lipinski definition) is 4. The highest BCUT2D eigenvalue weighted by Gasteiger charge is 2.07. The van der Waals surface area contributed by atoms with E-state index in [9.17, 15) is 0 Å². The molecule has 0 fully saturated rings. The van der Waals surface area contributed by atoms with Crippen molar-refractivity contribution in [2.24, 2.45) is 5.73 Å². The molecule has 16 heavy (non-hydrogen) atoms. The lowest BCUT2D eigenvalue weighted by molar-refractivity contribution is 0.958. The Morgan fingerprint density at radius 2 is 1.81 bits per heavy atom. The predicted molar refractivity (Wildman–Crippen MR) is 68.2 cm³/mol. The minimum absolute atomic E-state index is 0.487. The summed E-state index contributed by atoms with van der Waals surface area (Å²) in [6.45, 7) is 0.487. The van der Waals surface area contributed by atoms with Gasteiger partial charge in [-0.15, -0.1) is 0 Å². The van der Waals surface area contributed by atoms with Gasteiger partial charge in [0.15, 0.2) is 0 Å². The van der Waals surface area contributed by atoms with Crippen LogP contribution in [0.4, 0.5) is 0 Å². The highest BCUT2D eigenvalue weighted by molar-refractivity contribution is 9.10. The Morgan fingerprint density at radius 3 is 2.50 bits per heavy atom. The molecule has 0 bridgehead atoms. The average Bonchev–Trinajstić information content (AvgIpc) is 2.33. The topological polar surface area (TPSA) is 51.8 Å². The standard InChI is InChI=1S/C11H10BrN3S/c12-9-4-2-6-15-11(9)16-10-8(7-13)3-1-5-14-10/h1-6H,7,13H2. The molecule has 0 saturated carbocycles. The Hall–Kier alpha value is -0.910. The number of rotatable bonds is 3. The summed E-state index contributed by atoms with van der Waals surface area (Å²) in [5.74, 6) is 0. The zero-order valence-corrected chi connectivity index (χ0v) is 10.8. The van der Waals surface area contributed by atoms with Crippen LogP contribution < -0.4 is 5.73 Å². The van der Waals surface area contributed by atoms with Gasteiger partial charge in [0.2, 0.25) is 0 Å². The first-order valence-corrected chi connectivity index (χ1v) is 6.34. The fraction of sp³-hybridized carbons (Fsp3) is 0.0909. The maximum Gasteiger partial charge on any atom is 0.116 e. The van der Waals surface area contributed by atoms with Crippen LogP contribution in [0.5, 0.6) is 0 Å². The van der Waals surface area contributed by atoms with Gasteiger partial charge in [0.05, 0.1) is 4.47 Å². The van der Waals surface area contributed by atoms with E-state index in [1.54, 1.807) is 12.4 Å². The number of hydrogen-bond donors (Lipinski definition) is 1. The zero-order chi connectivity index (χ0) is 11.4. The van der Waals surface area contributed by atoms with E-state index in [4.69, 9.17) is 5.73 Å². The van der Waals surface area contributed by atoms with Crippen molar-refractivity contribution in [1.29, 1.82) is 0 Å². The summed E-state index contributed by atoms with van der Waals surface area (Å²) >= 11 is 4.97. The van der Waals surface area contributed by atoms with Gasteiger partial charge in [0.25, 0.3) is 0 Å². The van der Waals surface area contributed by atoms with Gasteiger partial charge >= 0.3 is 0 Å². The third-order valence-corrected chi connectivity index (χ3v) is 3.97. The molecule has 0 aliphatic heterocycles. The van der Waals surface area contributed by atoms with E-state index in [1.165, 1.54) is 11.8 Å². The second-order valence-corrected chi connectivity index (χ2v) is 4.90. The van der Waals surface area contributed by atoms with Crippen LogP contribution in [0.2, 0.25) is 0 Å². The SMILES string of the molecule is NCc1cccnc1Sc1ncccc1Br. The van der Waals surface area contributed by atoms with Crippen molar-refractivity contribution in [3.63, 3.8) is 0 Å². The molecule has 0 spiro atoms. The molecule has 0 saturated heterocycles. The third-order valence-electron chi connectivity index (χ3n) is 1.99. The molecule has 0 aliphatic carbocycles. The molecule has 82 valence electrons. The average molecular weight is 296 g/mol. The molecule has 2 rings (SSSR count). The first-order chi connectivity index (χ1) is 7.81. The monoisotopic (exact) mass is 295 g/mol. The summed E-state index contributed by atoms with van der Waals surface area (Å²) < 4.78 is 0.966. The normalized spacial score (nSPS) is 10.4. The van der Waals surface area contributed by atoms with Crippen LogP contribution in [-0.2, 0) is 6.54 Å². The molecular weight excluding hydrogens is 286 g/mol. The summed E-state index contributed by atoms with van der Waals surface area (Å²) in [5.41, 5.74) is 6.69. The van der Waals surface area contributed by atoms with E-state index in [0.717, 1.165) is 20.1 Å². The Morgan fingerprint density at radius 1 is 1.12 bits per heavy atom. The van der Waals surface area contributed by atoms with Crippen molar-refractivity contribution >= 4 is 27.7 Å². The van der Waals surface area contributed by atoms with E-state index >= 15 is 0 Å². The van der Waals surface area contributed by atoms with Crippen LogP contribution >= 0.6 is 27.7 Å². The summed E-state index contributed by atoms with van der Waals surface area (Å²) in [5, 5.41) is 1.81. The van der Waals surface area contributed by atoms with Gasteiger partial charge in [-0.05, 0) is 51.5 Å². The molecule has 0 aromatic carbocycles. The number of halogens is 1. The van der Waals surface area contributed by atoms with Gasteiger partial charge in [-0.2, -0.15) is 0 Å². The van der Waals surface area contributed by atoms with Crippen molar-refractivity contribution < 1.29 is 0 Å². The van der Waals surface area contributed by atoms with Crippen LogP contribution in [0.25, 0.3) is 0 Å². The molecule has 2 aromatic heterocycles. The Balaban J connectivity index is 2.30. The molecule has 0 aliphatic rings. The maximum atomic E-state index is 5.66. The molecule has 0 radical (unpaired) electrons. The highest BCUT2D eigenvalue weighted by atomic mass is 79.9. The van der Waals surface area contributed by atoms with E-state index in [2.05, 4.69) is 25.9 Å². The van der Waals surface area contributed by atoms with Crippen molar-refractivity contribution in [3.05, 3.63) is 46.7 Å². The zero-order valence-electron chi connectivity index (χ0n) is 8.43. The summed E-state index contributed by atoms with van der Waals surface area (Å²) in [6.07, 6.45) is 3.52. The highest BCUT2D eigenvalue weighted by Crippen LogP contribution is 2.31. The number of nitrogens with two attached hydrogens (primary N) is 1. The number of nitrogens with zero attached hydrogens (tertiary/aromatic N) is 2. The predicted octanol–water partition coefficient (Wildman–Crippen LogP) is 2.85. The Labute approximate surface area is 107 Å². The summed E-state index contributed by atoms with van der Waals surface area (Å²) in [7, 11) is 0. The second-order valence-electron chi connectivity index (χ2n) is 3.06. The van der Waals surface area contributed by atoms with Crippen LogP contribution in [0.1, 0.15) is 5.56 Å². The van der Waals surface area contributed by atoms with Gasteiger partial charge in [-0.3, -0.25) is 0 Å². The molecule has 2 aromatic rings. The molecular formula is C11H10BrN3S. The van der Waals surface area contributed by atoms with E-state index in [-0.39, 0.29) is 0 Å². The van der Waals surface area contributed by atoms with Crippen molar-refractivity contribution in [2.45, 2.75) is 16.6 Å². The molecule has 2 N–H and O–H groups in total. The van der Waals surface area contributed by atoms with E-state index < -0.39 is 0 Å². The largest absolute Gasteiger partial charge is 0.326 e. The minimum Gasteiger partial charge on any atom is -0.326 e. The van der Waals surface area contributed by atoms with Crippen LogP contribution in [-0.4, -0.2) is 9.97 Å². The first kappa shape index (κ1) is 11.6. The second kappa shape index (κ2) is 5.43. The lowest BCUT2D eigenvalue weighted by Gasteiger charge is -2.06. The van der Waals surface area contributed by atoms with Crippen molar-refractivity contribution in [2.75, 3.05) is 0 Å². The number of aromatic nitrogens is 2. The Bertz CT molecular complexity index is 490. The van der Waals surface area contributed by atoms with Gasteiger partial charge in [0, 0.05) is 18.9 Å². The molecule has 0 amide bonds. The van der Waals surface area contributed by atoms with Crippen molar-refractivity contribution in [3.8, 4) is 0 Å². The maximum absolute atomic E-state index is 5.66. The van der Waals surface area contributed by atoms with E-state index in [0.29, 0.717) is 6.54 Å². The quantitative estimate of drug-likeness (QED) is 0.946. The molecule has 0 atom stereocenters. The third kappa shape index (κ3) is 2.61. The van der Waals surface area contributed by atoms with E-state index in [1.807, 2.05) is 24.3 Å². The first-order valence-electron chi connectivity index (χ1n) is 4.73. The lowest BCUT2D eigenvalue weighted by atomic mass is 10.3. The van der Waals surface area contributed by atoms with Gasteiger partial charge in [-0.25, -0.2) is 9.97 Å². The summed E-state index contributed by atoms with van der Waals surface area (Å²) in [6, 6.07) is 7.71. The van der Waals surface area contributed by atoms with Gasteiger partial charge in [0.1, 0.15) is 10.1 Å². The van der Waals surface area contributed by atoms with Crippen LogP contribution in [0.15, 0.2) is 51.2 Å². The summed E-state index contributed by atoms with van der Waals surface area (Å²) in [4.78, 5) is 8.59. The Kier molecular flexibility index (Phi) is 3.93. The molecule has 0 unspecified atom stereocenters. The lowest BCUT2D eigenvalue weighted by Crippen LogP contribution is -1.99. The number of pyridine rings is 2. The molecule has 3 nitrogen and oxygen atoms in total. The van der Waals surface area contributed by atoms with Gasteiger partial charge < -0.3 is 5.73 Å². The van der Waals surface area contributed by atoms with Crippen LogP contribution in [0.3, 0.4) is 0 Å². The fourth-order valence-electron chi connectivity index (χ4n) is 1.21.